The van der Waals surface area contributed by atoms with E-state index in [-0.39, 0.29) is 24.6 Å². The number of nitrogens with one attached hydrogen (secondary N) is 3. The fourth-order valence-corrected chi connectivity index (χ4v) is 4.39. The minimum Gasteiger partial charge on any atom is -0.484 e. The first-order valence-corrected chi connectivity index (χ1v) is 11.3. The molecule has 3 N–H and O–H groups in total. The first-order valence-electron chi connectivity index (χ1n) is 10.9. The molecule has 0 bridgehead atoms. The average Bonchev–Trinajstić information content (AvgIpc) is 3.52. The molecule has 7 nitrogen and oxygen atoms in total. The van der Waals surface area contributed by atoms with Crippen molar-refractivity contribution in [2.75, 3.05) is 16.8 Å². The largest absolute Gasteiger partial charge is 0.484 e. The zero-order chi connectivity index (χ0) is 23.3. The highest BCUT2D eigenvalue weighted by Gasteiger charge is 2.41. The Morgan fingerprint density at radius 3 is 2.50 bits per heavy atom. The summed E-state index contributed by atoms with van der Waals surface area (Å²) in [6.45, 7) is -0.0629. The predicted octanol–water partition coefficient (Wildman–Crippen LogP) is 4.60. The third kappa shape index (κ3) is 4.62. The lowest BCUT2D eigenvalue weighted by molar-refractivity contribution is -0.118. The number of para-hydroxylation sites is 1. The molecule has 4 aromatic rings. The van der Waals surface area contributed by atoms with Gasteiger partial charge in [0.05, 0.1) is 11.7 Å². The Labute approximate surface area is 202 Å². The van der Waals surface area contributed by atoms with E-state index in [9.17, 15) is 4.79 Å². The Morgan fingerprint density at radius 1 is 1.00 bits per heavy atom. The van der Waals surface area contributed by atoms with Crippen molar-refractivity contribution in [1.29, 1.82) is 0 Å². The zero-order valence-electron chi connectivity index (χ0n) is 18.2. The van der Waals surface area contributed by atoms with Crippen molar-refractivity contribution in [3.63, 3.8) is 0 Å². The van der Waals surface area contributed by atoms with Gasteiger partial charge >= 0.3 is 0 Å². The van der Waals surface area contributed by atoms with Crippen molar-refractivity contribution in [2.24, 2.45) is 0 Å². The lowest BCUT2D eigenvalue weighted by Gasteiger charge is -2.27. The van der Waals surface area contributed by atoms with Gasteiger partial charge < -0.3 is 25.3 Å². The molecule has 0 saturated carbocycles. The molecule has 3 heterocycles. The van der Waals surface area contributed by atoms with Crippen LogP contribution in [0.25, 0.3) is 0 Å². The van der Waals surface area contributed by atoms with Gasteiger partial charge in [-0.25, -0.2) is 0 Å². The number of benzene rings is 2. The van der Waals surface area contributed by atoms with E-state index < -0.39 is 0 Å². The maximum absolute atomic E-state index is 12.3. The van der Waals surface area contributed by atoms with Crippen LogP contribution in [0.2, 0.25) is 0 Å². The van der Waals surface area contributed by atoms with Crippen LogP contribution < -0.4 is 20.3 Å². The van der Waals surface area contributed by atoms with E-state index in [1.54, 1.807) is 6.20 Å². The minimum absolute atomic E-state index is 0.0629. The molecule has 34 heavy (non-hydrogen) atoms. The second-order valence-electron chi connectivity index (χ2n) is 7.82. The van der Waals surface area contributed by atoms with E-state index in [4.69, 9.17) is 17.0 Å². The van der Waals surface area contributed by atoms with Crippen LogP contribution in [0.1, 0.15) is 23.5 Å². The molecule has 2 aromatic heterocycles. The summed E-state index contributed by atoms with van der Waals surface area (Å²) in [6.07, 6.45) is 3.69. The summed E-state index contributed by atoms with van der Waals surface area (Å²) >= 11 is 5.72. The quantitative estimate of drug-likeness (QED) is 0.343. The molecule has 1 amide bonds. The fourth-order valence-electron chi connectivity index (χ4n) is 4.05. The molecule has 0 unspecified atom stereocenters. The van der Waals surface area contributed by atoms with Crippen LogP contribution in [-0.2, 0) is 4.79 Å². The van der Waals surface area contributed by atoms with E-state index in [1.165, 1.54) is 0 Å². The maximum atomic E-state index is 12.3. The summed E-state index contributed by atoms with van der Waals surface area (Å²) in [5, 5.41) is 6.91. The van der Waals surface area contributed by atoms with Crippen LogP contribution in [0.15, 0.2) is 97.3 Å². The number of carbonyl (C=O) groups excluding carboxylic acids is 1. The molecule has 0 spiro atoms. The first kappa shape index (κ1) is 21.7. The molecule has 0 aliphatic carbocycles. The second kappa shape index (κ2) is 9.76. The van der Waals surface area contributed by atoms with Crippen LogP contribution in [0.4, 0.5) is 11.4 Å². The molecule has 1 aliphatic rings. The van der Waals surface area contributed by atoms with Crippen molar-refractivity contribution in [1.82, 2.24) is 15.3 Å². The van der Waals surface area contributed by atoms with Gasteiger partial charge in [-0.05, 0) is 72.9 Å². The molecule has 170 valence electrons. The SMILES string of the molecule is O=C(COc1ccccc1)Nc1ccc(N2C(=S)N[C@@H](c3ccccn3)[C@H]2c2ccc[nH]2)cc1. The van der Waals surface area contributed by atoms with Crippen LogP contribution in [0.5, 0.6) is 5.75 Å². The molecule has 2 atom stereocenters. The molecule has 1 fully saturated rings. The number of thiocarbonyl (C=S) groups is 1. The Bertz CT molecular complexity index is 1250. The standard InChI is InChI=1S/C26H23N5O2S/c32-23(17-33-20-7-2-1-3-8-20)29-18-11-13-19(14-12-18)31-25(22-10-6-16-28-22)24(30-26(31)34)21-9-4-5-15-27-21/h1-16,24-25,28H,17H2,(H,29,32)(H,30,34)/t24-,25+/m0/s1. The number of hydrogen-bond donors (Lipinski definition) is 3. The number of H-pyrrole nitrogens is 1. The molecule has 1 saturated heterocycles. The third-order valence-electron chi connectivity index (χ3n) is 5.58. The van der Waals surface area contributed by atoms with Crippen LogP contribution in [0.3, 0.4) is 0 Å². The van der Waals surface area contributed by atoms with Crippen molar-refractivity contribution in [3.8, 4) is 5.75 Å². The second-order valence-corrected chi connectivity index (χ2v) is 8.21. The summed E-state index contributed by atoms with van der Waals surface area (Å²) in [5.74, 6) is 0.426. The smallest absolute Gasteiger partial charge is 0.262 e. The number of carbonyl (C=O) groups is 1. The van der Waals surface area contributed by atoms with E-state index in [1.807, 2.05) is 91.1 Å². The molecule has 0 radical (unpaired) electrons. The summed E-state index contributed by atoms with van der Waals surface area (Å²) < 4.78 is 5.51. The number of nitrogens with zero attached hydrogens (tertiary/aromatic N) is 2. The van der Waals surface area contributed by atoms with E-state index in [0.717, 1.165) is 17.1 Å². The Morgan fingerprint density at radius 2 is 1.79 bits per heavy atom. The van der Waals surface area contributed by atoms with Gasteiger partial charge in [-0.15, -0.1) is 0 Å². The van der Waals surface area contributed by atoms with Crippen molar-refractivity contribution < 1.29 is 9.53 Å². The molecule has 8 heteroatoms. The van der Waals surface area contributed by atoms with Gasteiger partial charge in [0.25, 0.3) is 5.91 Å². The molecular weight excluding hydrogens is 446 g/mol. The highest BCUT2D eigenvalue weighted by Crippen LogP contribution is 2.40. The van der Waals surface area contributed by atoms with Gasteiger partial charge in [0, 0.05) is 29.5 Å². The number of pyridine rings is 1. The highest BCUT2D eigenvalue weighted by atomic mass is 32.1. The molecule has 2 aromatic carbocycles. The van der Waals surface area contributed by atoms with Gasteiger partial charge in [0.2, 0.25) is 0 Å². The first-order chi connectivity index (χ1) is 16.7. The van der Waals surface area contributed by atoms with E-state index >= 15 is 0 Å². The molecular formula is C26H23N5O2S. The summed E-state index contributed by atoms with van der Waals surface area (Å²) in [7, 11) is 0. The monoisotopic (exact) mass is 469 g/mol. The number of amides is 1. The highest BCUT2D eigenvalue weighted by molar-refractivity contribution is 7.80. The number of rotatable bonds is 7. The Kier molecular flexibility index (Phi) is 6.22. The van der Waals surface area contributed by atoms with Crippen molar-refractivity contribution in [3.05, 3.63) is 109 Å². The van der Waals surface area contributed by atoms with Crippen molar-refractivity contribution >= 4 is 34.6 Å². The Balaban J connectivity index is 1.32. The summed E-state index contributed by atoms with van der Waals surface area (Å²) in [5.41, 5.74) is 3.53. The molecule has 5 rings (SSSR count). The van der Waals surface area contributed by atoms with E-state index in [0.29, 0.717) is 16.5 Å². The predicted molar refractivity (Wildman–Crippen MR) is 136 cm³/mol. The fraction of sp³-hybridized carbons (Fsp3) is 0.115. The van der Waals surface area contributed by atoms with Gasteiger partial charge in [-0.3, -0.25) is 9.78 Å². The Hall–Kier alpha value is -4.17. The lowest BCUT2D eigenvalue weighted by atomic mass is 10.0. The number of hydrogen-bond acceptors (Lipinski definition) is 4. The van der Waals surface area contributed by atoms with Gasteiger partial charge in [-0.2, -0.15) is 0 Å². The van der Waals surface area contributed by atoms with Gasteiger partial charge in [-0.1, -0.05) is 24.3 Å². The zero-order valence-corrected chi connectivity index (χ0v) is 19.0. The van der Waals surface area contributed by atoms with E-state index in [2.05, 4.69) is 25.5 Å². The van der Waals surface area contributed by atoms with Gasteiger partial charge in [0.15, 0.2) is 11.7 Å². The normalized spacial score (nSPS) is 17.3. The lowest BCUT2D eigenvalue weighted by Crippen LogP contribution is -2.29. The topological polar surface area (TPSA) is 82.3 Å². The third-order valence-corrected chi connectivity index (χ3v) is 5.90. The summed E-state index contributed by atoms with van der Waals surface area (Å²) in [4.78, 5) is 22.2. The van der Waals surface area contributed by atoms with Crippen LogP contribution in [0, 0.1) is 0 Å². The molecule has 1 aliphatic heterocycles. The van der Waals surface area contributed by atoms with Crippen LogP contribution >= 0.6 is 12.2 Å². The minimum atomic E-state index is -0.227. The average molecular weight is 470 g/mol. The number of ether oxygens (including phenoxy) is 1. The maximum Gasteiger partial charge on any atom is 0.262 e. The number of aromatic amines is 1. The number of anilines is 2. The van der Waals surface area contributed by atoms with Gasteiger partial charge in [0.1, 0.15) is 11.8 Å². The summed E-state index contributed by atoms with van der Waals surface area (Å²) in [6, 6.07) is 26.5. The number of aromatic nitrogens is 2. The van der Waals surface area contributed by atoms with Crippen LogP contribution in [-0.4, -0.2) is 27.6 Å². The van der Waals surface area contributed by atoms with Crippen molar-refractivity contribution in [2.45, 2.75) is 12.1 Å².